The SMILES string of the molecule is Cc1nn([C@@H]2CCS(=O)(=O)C2)c2nc(C3CC3)cc(C(=O)OCc3cc(=O)n(C)c(=O)n3C)c12. The third kappa shape index (κ3) is 3.85. The molecule has 0 spiro atoms. The van der Waals surface area contributed by atoms with Gasteiger partial charge in [-0.25, -0.2) is 27.7 Å². The molecule has 1 aliphatic heterocycles. The van der Waals surface area contributed by atoms with Gasteiger partial charge in [0, 0.05) is 31.8 Å². The number of rotatable bonds is 5. The molecule has 3 aromatic rings. The number of nitrogens with zero attached hydrogens (tertiary/aromatic N) is 5. The fourth-order valence-corrected chi connectivity index (χ4v) is 6.13. The molecule has 1 atom stereocenters. The predicted octanol–water partition coefficient (Wildman–Crippen LogP) is 0.731. The highest BCUT2D eigenvalue weighted by molar-refractivity contribution is 7.91. The normalized spacial score (nSPS) is 19.6. The van der Waals surface area contributed by atoms with Crippen LogP contribution in [0.1, 0.15) is 58.7 Å². The van der Waals surface area contributed by atoms with Crippen molar-refractivity contribution < 1.29 is 17.9 Å². The molecule has 0 amide bonds. The van der Waals surface area contributed by atoms with Crippen LogP contribution in [0.5, 0.6) is 0 Å². The van der Waals surface area contributed by atoms with Gasteiger partial charge in [0.15, 0.2) is 15.5 Å². The van der Waals surface area contributed by atoms with Crippen molar-refractivity contribution >= 4 is 26.8 Å². The summed E-state index contributed by atoms with van der Waals surface area (Å²) >= 11 is 0. The van der Waals surface area contributed by atoms with E-state index in [2.05, 4.69) is 5.10 Å². The van der Waals surface area contributed by atoms with Gasteiger partial charge in [-0.1, -0.05) is 0 Å². The van der Waals surface area contributed by atoms with Gasteiger partial charge in [-0.2, -0.15) is 5.10 Å². The molecule has 3 aromatic heterocycles. The van der Waals surface area contributed by atoms with Crippen LogP contribution in [0.3, 0.4) is 0 Å². The van der Waals surface area contributed by atoms with Gasteiger partial charge in [0.05, 0.1) is 39.9 Å². The number of esters is 1. The number of aromatic nitrogens is 5. The van der Waals surface area contributed by atoms with E-state index in [0.29, 0.717) is 28.7 Å². The number of sulfone groups is 1. The molecule has 0 bridgehead atoms. The second kappa shape index (κ2) is 7.90. The maximum absolute atomic E-state index is 13.2. The van der Waals surface area contributed by atoms with Crippen LogP contribution in [-0.2, 0) is 35.3 Å². The van der Waals surface area contributed by atoms with Gasteiger partial charge in [-0.05, 0) is 32.3 Å². The van der Waals surface area contributed by atoms with Gasteiger partial charge in [0.1, 0.15) is 6.61 Å². The first-order valence-electron chi connectivity index (χ1n) is 11.1. The Kier molecular flexibility index (Phi) is 5.23. The Morgan fingerprint density at radius 1 is 1.15 bits per heavy atom. The summed E-state index contributed by atoms with van der Waals surface area (Å²) in [5.74, 6) is -0.283. The van der Waals surface area contributed by atoms with Gasteiger partial charge in [-0.3, -0.25) is 13.9 Å². The molecule has 1 aliphatic carbocycles. The molecule has 0 radical (unpaired) electrons. The van der Waals surface area contributed by atoms with E-state index in [1.807, 2.05) is 0 Å². The zero-order valence-electron chi connectivity index (χ0n) is 19.1. The summed E-state index contributed by atoms with van der Waals surface area (Å²) < 4.78 is 33.5. The summed E-state index contributed by atoms with van der Waals surface area (Å²) in [5, 5.41) is 5.08. The molecular formula is C22H25N5O6S. The van der Waals surface area contributed by atoms with Crippen molar-refractivity contribution in [3.05, 3.63) is 55.6 Å². The van der Waals surface area contributed by atoms with E-state index in [-0.39, 0.29) is 35.8 Å². The third-order valence-corrected chi connectivity index (χ3v) is 8.35. The maximum Gasteiger partial charge on any atom is 0.339 e. The minimum atomic E-state index is -3.13. The summed E-state index contributed by atoms with van der Waals surface area (Å²) in [6.45, 7) is 1.50. The lowest BCUT2D eigenvalue weighted by atomic mass is 10.1. The molecular weight excluding hydrogens is 462 g/mol. The number of carbonyl (C=O) groups excluding carboxylic acids is 1. The maximum atomic E-state index is 13.2. The Morgan fingerprint density at radius 2 is 1.88 bits per heavy atom. The van der Waals surface area contributed by atoms with Crippen molar-refractivity contribution in [3.63, 3.8) is 0 Å². The van der Waals surface area contributed by atoms with E-state index in [1.54, 1.807) is 17.7 Å². The average molecular weight is 488 g/mol. The van der Waals surface area contributed by atoms with Gasteiger partial charge in [-0.15, -0.1) is 0 Å². The molecule has 11 nitrogen and oxygen atoms in total. The first-order chi connectivity index (χ1) is 16.1. The smallest absolute Gasteiger partial charge is 0.339 e. The number of hydrogen-bond acceptors (Lipinski definition) is 8. The van der Waals surface area contributed by atoms with Crippen LogP contribution in [0.25, 0.3) is 11.0 Å². The lowest BCUT2D eigenvalue weighted by Gasteiger charge is -2.13. The molecule has 4 heterocycles. The monoisotopic (exact) mass is 487 g/mol. The van der Waals surface area contributed by atoms with Crippen LogP contribution in [0, 0.1) is 6.92 Å². The van der Waals surface area contributed by atoms with Crippen molar-refractivity contribution in [2.45, 2.75) is 44.8 Å². The molecule has 12 heteroatoms. The van der Waals surface area contributed by atoms with Crippen LogP contribution < -0.4 is 11.2 Å². The van der Waals surface area contributed by atoms with E-state index in [0.717, 1.165) is 23.1 Å². The quantitative estimate of drug-likeness (QED) is 0.481. The lowest BCUT2D eigenvalue weighted by Crippen LogP contribution is -2.38. The van der Waals surface area contributed by atoms with Crippen molar-refractivity contribution in [1.82, 2.24) is 23.9 Å². The summed E-state index contributed by atoms with van der Waals surface area (Å²) in [5.41, 5.74) is 1.37. The van der Waals surface area contributed by atoms with Crippen LogP contribution in [0.4, 0.5) is 0 Å². The first-order valence-corrected chi connectivity index (χ1v) is 12.9. The summed E-state index contributed by atoms with van der Waals surface area (Å²) in [6, 6.07) is 2.65. The number of ether oxygens (including phenoxy) is 1. The van der Waals surface area contributed by atoms with E-state index in [1.165, 1.54) is 24.7 Å². The Hall–Kier alpha value is -3.28. The molecule has 34 heavy (non-hydrogen) atoms. The lowest BCUT2D eigenvalue weighted by molar-refractivity contribution is 0.0464. The van der Waals surface area contributed by atoms with Crippen molar-refractivity contribution in [2.24, 2.45) is 14.1 Å². The summed E-state index contributed by atoms with van der Waals surface area (Å²) in [6.07, 6.45) is 2.38. The standard InChI is InChI=1S/C22H25N5O6S/c1-12-19-16(21(29)33-10-15-8-18(28)26(3)22(30)25(15)2)9-17(13-4-5-13)23-20(19)27(24-12)14-6-7-34(31,32)11-14/h8-9,13-14H,4-7,10-11H2,1-3H3/t14-/m1/s1. The number of fused-ring (bicyclic) bond motifs is 1. The second-order valence-electron chi connectivity index (χ2n) is 9.11. The van der Waals surface area contributed by atoms with Gasteiger partial charge in [0.25, 0.3) is 5.56 Å². The fourth-order valence-electron chi connectivity index (χ4n) is 4.44. The highest BCUT2D eigenvalue weighted by atomic mass is 32.2. The molecule has 180 valence electrons. The number of carbonyl (C=O) groups is 1. The highest BCUT2D eigenvalue weighted by Crippen LogP contribution is 2.41. The van der Waals surface area contributed by atoms with E-state index >= 15 is 0 Å². The van der Waals surface area contributed by atoms with Crippen molar-refractivity contribution in [2.75, 3.05) is 11.5 Å². The second-order valence-corrected chi connectivity index (χ2v) is 11.3. The van der Waals surface area contributed by atoms with Gasteiger partial charge < -0.3 is 4.74 Å². The molecule has 0 aromatic carbocycles. The van der Waals surface area contributed by atoms with E-state index < -0.39 is 27.1 Å². The topological polar surface area (TPSA) is 135 Å². The number of aryl methyl sites for hydroxylation is 1. The molecule has 0 N–H and O–H groups in total. The minimum Gasteiger partial charge on any atom is -0.456 e. The summed E-state index contributed by atoms with van der Waals surface area (Å²) in [4.78, 5) is 42.1. The van der Waals surface area contributed by atoms with Gasteiger partial charge in [0.2, 0.25) is 0 Å². The highest BCUT2D eigenvalue weighted by Gasteiger charge is 2.34. The molecule has 0 unspecified atom stereocenters. The first kappa shape index (κ1) is 22.5. The van der Waals surface area contributed by atoms with Crippen LogP contribution in [0.15, 0.2) is 21.7 Å². The Morgan fingerprint density at radius 3 is 2.53 bits per heavy atom. The van der Waals surface area contributed by atoms with Gasteiger partial charge >= 0.3 is 11.7 Å². The molecule has 2 aliphatic rings. The van der Waals surface area contributed by atoms with Crippen LogP contribution in [-0.4, -0.2) is 49.8 Å². The Labute approximate surface area is 194 Å². The fraction of sp³-hybridized carbons (Fsp3) is 0.500. The minimum absolute atomic E-state index is 0.00463. The van der Waals surface area contributed by atoms with E-state index in [9.17, 15) is 22.8 Å². The van der Waals surface area contributed by atoms with Crippen molar-refractivity contribution in [3.8, 4) is 0 Å². The van der Waals surface area contributed by atoms with Crippen LogP contribution in [0.2, 0.25) is 0 Å². The van der Waals surface area contributed by atoms with Crippen molar-refractivity contribution in [1.29, 1.82) is 0 Å². The largest absolute Gasteiger partial charge is 0.456 e. The molecule has 5 rings (SSSR count). The third-order valence-electron chi connectivity index (χ3n) is 6.60. The Balaban J connectivity index is 1.54. The molecule has 1 saturated carbocycles. The number of hydrogen-bond donors (Lipinski definition) is 0. The van der Waals surface area contributed by atoms with Crippen LogP contribution >= 0.6 is 0 Å². The average Bonchev–Trinajstić information content (AvgIpc) is 3.51. The zero-order valence-corrected chi connectivity index (χ0v) is 20.0. The Bertz CT molecular complexity index is 1560. The van der Waals surface area contributed by atoms with E-state index in [4.69, 9.17) is 9.72 Å². The molecule has 2 fully saturated rings. The number of pyridine rings is 1. The molecule has 1 saturated heterocycles. The predicted molar refractivity (Wildman–Crippen MR) is 123 cm³/mol. The zero-order chi connectivity index (χ0) is 24.4. The summed E-state index contributed by atoms with van der Waals surface area (Å²) in [7, 11) is -0.249.